The minimum atomic E-state index is -0.166. The summed E-state index contributed by atoms with van der Waals surface area (Å²) in [6, 6.07) is 11.2. The van der Waals surface area contributed by atoms with Crippen molar-refractivity contribution in [2.45, 2.75) is 17.1 Å². The van der Waals surface area contributed by atoms with Gasteiger partial charge in [-0.3, -0.25) is 9.59 Å². The van der Waals surface area contributed by atoms with Crippen molar-refractivity contribution in [3.8, 4) is 0 Å². The minimum absolute atomic E-state index is 0.0608. The van der Waals surface area contributed by atoms with Crippen LogP contribution in [0.25, 0.3) is 0 Å². The minimum Gasteiger partial charge on any atom is -0.338 e. The fourth-order valence-electron chi connectivity index (χ4n) is 2.71. The lowest BCUT2D eigenvalue weighted by atomic mass is 10.2. The molecular weight excluding hydrogens is 376 g/mol. The van der Waals surface area contributed by atoms with Gasteiger partial charge in [-0.25, -0.2) is 0 Å². The predicted octanol–water partition coefficient (Wildman–Crippen LogP) is 3.87. The van der Waals surface area contributed by atoms with Gasteiger partial charge in [0.1, 0.15) is 0 Å². The first-order chi connectivity index (χ1) is 12.0. The van der Waals surface area contributed by atoms with Crippen molar-refractivity contribution in [3.63, 3.8) is 0 Å². The zero-order chi connectivity index (χ0) is 17.8. The van der Waals surface area contributed by atoms with Crippen molar-refractivity contribution in [1.82, 2.24) is 9.80 Å². The Morgan fingerprint density at radius 1 is 1.08 bits per heavy atom. The number of carbonyl (C=O) groups excluding carboxylic acids is 2. The summed E-state index contributed by atoms with van der Waals surface area (Å²) >= 11 is 8.88. The molecule has 1 fully saturated rings. The third-order valence-electron chi connectivity index (χ3n) is 4.08. The molecule has 3 rings (SSSR count). The normalized spacial score (nSPS) is 15.9. The second-order valence-corrected chi connectivity index (χ2v) is 8.61. The van der Waals surface area contributed by atoms with Crippen molar-refractivity contribution in [3.05, 3.63) is 51.7 Å². The van der Waals surface area contributed by atoms with Gasteiger partial charge in [-0.05, 0) is 42.6 Å². The van der Waals surface area contributed by atoms with Crippen LogP contribution in [0.5, 0.6) is 0 Å². The van der Waals surface area contributed by atoms with Crippen molar-refractivity contribution in [2.24, 2.45) is 0 Å². The van der Waals surface area contributed by atoms with Crippen LogP contribution < -0.4 is 0 Å². The third-order valence-corrected chi connectivity index (χ3v) is 6.29. The third kappa shape index (κ3) is 4.57. The van der Waals surface area contributed by atoms with Crippen LogP contribution in [0.15, 0.2) is 46.7 Å². The smallest absolute Gasteiger partial charge is 0.264 e. The second kappa shape index (κ2) is 8.25. The Kier molecular flexibility index (Phi) is 6.04. The number of thiophene rings is 1. The Morgan fingerprint density at radius 2 is 1.72 bits per heavy atom. The summed E-state index contributed by atoms with van der Waals surface area (Å²) in [5.74, 6) is 0.175. The van der Waals surface area contributed by atoms with Gasteiger partial charge in [-0.2, -0.15) is 0 Å². The van der Waals surface area contributed by atoms with Crippen LogP contribution in [0, 0.1) is 0 Å². The number of halogens is 1. The molecule has 0 radical (unpaired) electrons. The van der Waals surface area contributed by atoms with E-state index >= 15 is 0 Å². The lowest BCUT2D eigenvalue weighted by molar-refractivity contribution is -0.131. The van der Waals surface area contributed by atoms with Gasteiger partial charge in [0.2, 0.25) is 5.91 Å². The Balaban J connectivity index is 1.52. The van der Waals surface area contributed by atoms with Crippen molar-refractivity contribution < 1.29 is 9.59 Å². The summed E-state index contributed by atoms with van der Waals surface area (Å²) in [5, 5.41) is 2.43. The monoisotopic (exact) mass is 394 g/mol. The molecule has 0 bridgehead atoms. The number of benzene rings is 1. The van der Waals surface area contributed by atoms with Crippen molar-refractivity contribution >= 4 is 46.5 Å². The second-order valence-electron chi connectivity index (χ2n) is 5.81. The molecule has 1 aromatic heterocycles. The number of hydrogen-bond donors (Lipinski definition) is 0. The molecule has 7 heteroatoms. The van der Waals surface area contributed by atoms with Gasteiger partial charge < -0.3 is 9.80 Å². The molecule has 0 saturated carbocycles. The average Bonchev–Trinajstić information content (AvgIpc) is 3.17. The van der Waals surface area contributed by atoms with Crippen LogP contribution in [0.1, 0.15) is 16.6 Å². The molecule has 1 aliphatic rings. The number of hydrogen-bond acceptors (Lipinski definition) is 4. The number of thioether (sulfide) groups is 1. The van der Waals surface area contributed by atoms with Crippen LogP contribution >= 0.6 is 34.7 Å². The topological polar surface area (TPSA) is 40.6 Å². The first-order valence-corrected chi connectivity index (χ1v) is 10.2. The highest BCUT2D eigenvalue weighted by molar-refractivity contribution is 8.00. The Bertz CT molecular complexity index is 726. The number of rotatable bonds is 4. The summed E-state index contributed by atoms with van der Waals surface area (Å²) in [4.78, 5) is 30.5. The zero-order valence-electron chi connectivity index (χ0n) is 13.9. The summed E-state index contributed by atoms with van der Waals surface area (Å²) in [6.07, 6.45) is 0. The highest BCUT2D eigenvalue weighted by atomic mass is 35.5. The molecule has 0 aliphatic carbocycles. The lowest BCUT2D eigenvalue weighted by Crippen LogP contribution is -2.52. The van der Waals surface area contributed by atoms with E-state index in [-0.39, 0.29) is 17.1 Å². The van der Waals surface area contributed by atoms with Gasteiger partial charge in [-0.1, -0.05) is 17.7 Å². The molecule has 1 saturated heterocycles. The maximum Gasteiger partial charge on any atom is 0.264 e. The van der Waals surface area contributed by atoms with Crippen LogP contribution in [0.3, 0.4) is 0 Å². The van der Waals surface area contributed by atoms with E-state index in [2.05, 4.69) is 0 Å². The molecule has 132 valence electrons. The largest absolute Gasteiger partial charge is 0.338 e. The van der Waals surface area contributed by atoms with E-state index in [0.717, 1.165) is 9.77 Å². The van der Waals surface area contributed by atoms with Gasteiger partial charge in [0.05, 0.1) is 10.1 Å². The standard InChI is InChI=1S/C18H19ClN2O2S2/c1-13(25-15-6-4-14(19)5-7-15)17(22)20-8-10-21(11-9-20)18(23)16-3-2-12-24-16/h2-7,12-13H,8-11H2,1H3. The van der Waals surface area contributed by atoms with Crippen LogP contribution in [-0.4, -0.2) is 53.0 Å². The fourth-order valence-corrected chi connectivity index (χ4v) is 4.48. The quantitative estimate of drug-likeness (QED) is 0.739. The maximum absolute atomic E-state index is 12.7. The number of carbonyl (C=O) groups is 2. The molecule has 1 aromatic carbocycles. The van der Waals surface area contributed by atoms with Crippen LogP contribution in [0.2, 0.25) is 5.02 Å². The first kappa shape index (κ1) is 18.3. The van der Waals surface area contributed by atoms with Crippen LogP contribution in [-0.2, 0) is 4.79 Å². The fraction of sp³-hybridized carbons (Fsp3) is 0.333. The van der Waals surface area contributed by atoms with E-state index in [4.69, 9.17) is 11.6 Å². The van der Waals surface area contributed by atoms with E-state index in [1.807, 2.05) is 58.5 Å². The Labute approximate surface area is 160 Å². The average molecular weight is 395 g/mol. The summed E-state index contributed by atoms with van der Waals surface area (Å²) in [5.41, 5.74) is 0. The van der Waals surface area contributed by atoms with Crippen molar-refractivity contribution in [1.29, 1.82) is 0 Å². The van der Waals surface area contributed by atoms with E-state index in [9.17, 15) is 9.59 Å². The van der Waals surface area contributed by atoms with E-state index in [1.54, 1.807) is 0 Å². The van der Waals surface area contributed by atoms with Gasteiger partial charge in [-0.15, -0.1) is 23.1 Å². The molecular formula is C18H19ClN2O2S2. The SMILES string of the molecule is CC(Sc1ccc(Cl)cc1)C(=O)N1CCN(C(=O)c2cccs2)CC1. The Hall–Kier alpha value is -1.50. The van der Waals surface area contributed by atoms with Crippen LogP contribution in [0.4, 0.5) is 0 Å². The number of nitrogens with zero attached hydrogens (tertiary/aromatic N) is 2. The molecule has 1 atom stereocenters. The molecule has 2 aromatic rings. The number of amides is 2. The maximum atomic E-state index is 12.7. The van der Waals surface area contributed by atoms with Gasteiger partial charge in [0.15, 0.2) is 0 Å². The molecule has 25 heavy (non-hydrogen) atoms. The Morgan fingerprint density at radius 3 is 2.32 bits per heavy atom. The van der Waals surface area contributed by atoms with Gasteiger partial charge in [0.25, 0.3) is 5.91 Å². The molecule has 0 spiro atoms. The summed E-state index contributed by atoms with van der Waals surface area (Å²) in [7, 11) is 0. The van der Waals surface area contributed by atoms with E-state index < -0.39 is 0 Å². The predicted molar refractivity (Wildman–Crippen MR) is 104 cm³/mol. The zero-order valence-corrected chi connectivity index (χ0v) is 16.2. The molecule has 2 heterocycles. The first-order valence-electron chi connectivity index (χ1n) is 8.08. The lowest BCUT2D eigenvalue weighted by Gasteiger charge is -2.35. The highest BCUT2D eigenvalue weighted by Gasteiger charge is 2.28. The molecule has 1 unspecified atom stereocenters. The highest BCUT2D eigenvalue weighted by Crippen LogP contribution is 2.26. The summed E-state index contributed by atoms with van der Waals surface area (Å²) < 4.78 is 0. The van der Waals surface area contributed by atoms with E-state index in [0.29, 0.717) is 31.2 Å². The molecule has 4 nitrogen and oxygen atoms in total. The number of piperazine rings is 1. The van der Waals surface area contributed by atoms with Gasteiger partial charge >= 0.3 is 0 Å². The summed E-state index contributed by atoms with van der Waals surface area (Å²) in [6.45, 7) is 4.26. The molecule has 0 N–H and O–H groups in total. The molecule has 2 amide bonds. The molecule has 1 aliphatic heterocycles. The van der Waals surface area contributed by atoms with Crippen molar-refractivity contribution in [2.75, 3.05) is 26.2 Å². The van der Waals surface area contributed by atoms with Gasteiger partial charge in [0, 0.05) is 36.1 Å². The van der Waals surface area contributed by atoms with E-state index in [1.165, 1.54) is 23.1 Å².